The molecule has 0 saturated carbocycles. The normalized spacial score (nSPS) is 10.8. The van der Waals surface area contributed by atoms with Gasteiger partial charge in [0.1, 0.15) is 12.1 Å². The van der Waals surface area contributed by atoms with E-state index in [1.165, 1.54) is 0 Å². The van der Waals surface area contributed by atoms with Crippen LogP contribution in [0.4, 0.5) is 5.69 Å². The molecule has 0 unspecified atom stereocenters. The topological polar surface area (TPSA) is 78.3 Å². The number of hydrogen-bond donors (Lipinski definition) is 1. The number of aryl methyl sites for hydroxylation is 1. The third-order valence-corrected chi connectivity index (χ3v) is 2.90. The van der Waals surface area contributed by atoms with Gasteiger partial charge >= 0.3 is 0 Å². The van der Waals surface area contributed by atoms with E-state index in [2.05, 4.69) is 15.2 Å². The Bertz CT molecular complexity index is 750. The summed E-state index contributed by atoms with van der Waals surface area (Å²) >= 11 is 0. The van der Waals surface area contributed by atoms with Crippen molar-refractivity contribution < 1.29 is 4.74 Å². The zero-order valence-corrected chi connectivity index (χ0v) is 10.7. The van der Waals surface area contributed by atoms with Crippen molar-refractivity contribution in [1.29, 1.82) is 0 Å². The maximum absolute atomic E-state index is 5.83. The number of fused-ring (bicyclic) bond motifs is 1. The number of benzene rings is 1. The molecule has 3 aromatic rings. The fourth-order valence-electron chi connectivity index (χ4n) is 1.97. The first-order valence-corrected chi connectivity index (χ1v) is 5.80. The molecule has 0 saturated heterocycles. The summed E-state index contributed by atoms with van der Waals surface area (Å²) in [6.07, 6.45) is 1.70. The molecule has 0 aliphatic rings. The summed E-state index contributed by atoms with van der Waals surface area (Å²) in [5.41, 5.74) is 8.90. The van der Waals surface area contributed by atoms with E-state index in [1.54, 1.807) is 19.5 Å². The molecule has 0 radical (unpaired) electrons. The lowest BCUT2D eigenvalue weighted by molar-refractivity contribution is 0.416. The molecule has 3 rings (SSSR count). The maximum Gasteiger partial charge on any atom is 0.173 e. The van der Waals surface area contributed by atoms with Crippen LogP contribution in [0.5, 0.6) is 5.75 Å². The second-order valence-electron chi connectivity index (χ2n) is 4.24. The van der Waals surface area contributed by atoms with Gasteiger partial charge in [0.05, 0.1) is 12.7 Å². The van der Waals surface area contributed by atoms with E-state index >= 15 is 0 Å². The monoisotopic (exact) mass is 255 g/mol. The van der Waals surface area contributed by atoms with E-state index in [0.717, 1.165) is 16.9 Å². The van der Waals surface area contributed by atoms with Crippen LogP contribution in [0.3, 0.4) is 0 Å². The lowest BCUT2D eigenvalue weighted by Gasteiger charge is -2.07. The van der Waals surface area contributed by atoms with Gasteiger partial charge in [0.25, 0.3) is 0 Å². The van der Waals surface area contributed by atoms with E-state index in [4.69, 9.17) is 10.5 Å². The maximum atomic E-state index is 5.83. The highest BCUT2D eigenvalue weighted by atomic mass is 16.5. The Morgan fingerprint density at radius 2 is 2.05 bits per heavy atom. The Hall–Kier alpha value is -2.63. The molecular weight excluding hydrogens is 242 g/mol. The minimum absolute atomic E-state index is 0.646. The molecule has 0 atom stereocenters. The predicted octanol–water partition coefficient (Wildman–Crippen LogP) is 1.69. The molecule has 19 heavy (non-hydrogen) atoms. The van der Waals surface area contributed by atoms with Crippen molar-refractivity contribution in [3.05, 3.63) is 36.3 Å². The average molecular weight is 255 g/mol. The summed E-state index contributed by atoms with van der Waals surface area (Å²) in [5.74, 6) is 1.36. The van der Waals surface area contributed by atoms with Gasteiger partial charge in [-0.2, -0.15) is 0 Å². The van der Waals surface area contributed by atoms with Crippen molar-refractivity contribution in [2.75, 3.05) is 12.8 Å². The third kappa shape index (κ3) is 1.87. The van der Waals surface area contributed by atoms with Gasteiger partial charge in [0, 0.05) is 17.4 Å². The molecule has 2 heterocycles. The summed E-state index contributed by atoms with van der Waals surface area (Å²) in [4.78, 5) is 4.25. The first-order chi connectivity index (χ1) is 9.19. The van der Waals surface area contributed by atoms with Gasteiger partial charge in [0.15, 0.2) is 11.5 Å². The number of rotatable bonds is 2. The molecule has 96 valence electrons. The van der Waals surface area contributed by atoms with E-state index in [-0.39, 0.29) is 0 Å². The number of methoxy groups -OCH3 is 1. The summed E-state index contributed by atoms with van der Waals surface area (Å²) in [6, 6.07) is 7.28. The van der Waals surface area contributed by atoms with Crippen LogP contribution in [0.25, 0.3) is 17.0 Å². The Labute approximate surface area is 109 Å². The van der Waals surface area contributed by atoms with Gasteiger partial charge in [0.2, 0.25) is 0 Å². The summed E-state index contributed by atoms with van der Waals surface area (Å²) < 4.78 is 7.15. The molecule has 6 nitrogen and oxygen atoms in total. The lowest BCUT2D eigenvalue weighted by Crippen LogP contribution is -1.96. The van der Waals surface area contributed by atoms with Crippen LogP contribution in [-0.2, 0) is 0 Å². The quantitative estimate of drug-likeness (QED) is 0.705. The molecule has 0 fully saturated rings. The highest BCUT2D eigenvalue weighted by Crippen LogP contribution is 2.30. The van der Waals surface area contributed by atoms with E-state index < -0.39 is 0 Å². The standard InChI is InChI=1S/C13H13N5O/c1-8-5-12-16-17-13(18(12)7-15-8)10-6-9(14)3-4-11(10)19-2/h3-7H,14H2,1-2H3. The van der Waals surface area contributed by atoms with Gasteiger partial charge in [-0.05, 0) is 25.1 Å². The molecule has 6 heteroatoms. The third-order valence-electron chi connectivity index (χ3n) is 2.90. The van der Waals surface area contributed by atoms with Crippen LogP contribution in [0.1, 0.15) is 5.69 Å². The number of nitrogen functional groups attached to an aromatic ring is 1. The molecule has 0 amide bonds. The van der Waals surface area contributed by atoms with Crippen molar-refractivity contribution in [1.82, 2.24) is 19.6 Å². The number of aromatic nitrogens is 4. The Balaban J connectivity index is 2.27. The predicted molar refractivity (Wildman–Crippen MR) is 71.9 cm³/mol. The van der Waals surface area contributed by atoms with Gasteiger partial charge in [-0.15, -0.1) is 10.2 Å². The van der Waals surface area contributed by atoms with Crippen molar-refractivity contribution in [2.24, 2.45) is 0 Å². The summed E-state index contributed by atoms with van der Waals surface area (Å²) in [6.45, 7) is 1.91. The first kappa shape index (κ1) is 11.5. The van der Waals surface area contributed by atoms with Crippen molar-refractivity contribution in [3.63, 3.8) is 0 Å². The van der Waals surface area contributed by atoms with Crippen LogP contribution in [-0.4, -0.2) is 26.7 Å². The molecular formula is C13H13N5O. The van der Waals surface area contributed by atoms with Gasteiger partial charge in [-0.1, -0.05) is 0 Å². The number of nitrogens with zero attached hydrogens (tertiary/aromatic N) is 4. The summed E-state index contributed by atoms with van der Waals surface area (Å²) in [7, 11) is 1.61. The SMILES string of the molecule is COc1ccc(N)cc1-c1nnc2cc(C)ncn12. The zero-order valence-electron chi connectivity index (χ0n) is 10.7. The van der Waals surface area contributed by atoms with Crippen LogP contribution < -0.4 is 10.5 Å². The zero-order chi connectivity index (χ0) is 13.4. The van der Waals surface area contributed by atoms with Crippen LogP contribution in [0, 0.1) is 6.92 Å². The Kier molecular flexibility index (Phi) is 2.56. The molecule has 2 aromatic heterocycles. The van der Waals surface area contributed by atoms with Crippen LogP contribution in [0.15, 0.2) is 30.6 Å². The van der Waals surface area contributed by atoms with Gasteiger partial charge in [-0.25, -0.2) is 4.98 Å². The smallest absolute Gasteiger partial charge is 0.173 e. The average Bonchev–Trinajstić information content (AvgIpc) is 2.81. The van der Waals surface area contributed by atoms with Crippen LogP contribution in [0.2, 0.25) is 0 Å². The number of anilines is 1. The second-order valence-corrected chi connectivity index (χ2v) is 4.24. The molecule has 0 spiro atoms. The van der Waals surface area contributed by atoms with Gasteiger partial charge < -0.3 is 10.5 Å². The Morgan fingerprint density at radius 1 is 1.21 bits per heavy atom. The second kappa shape index (κ2) is 4.24. The molecule has 0 aliphatic heterocycles. The largest absolute Gasteiger partial charge is 0.496 e. The lowest BCUT2D eigenvalue weighted by atomic mass is 10.1. The molecule has 1 aromatic carbocycles. The van der Waals surface area contributed by atoms with Crippen molar-refractivity contribution >= 4 is 11.3 Å². The Morgan fingerprint density at radius 3 is 2.84 bits per heavy atom. The molecule has 2 N–H and O–H groups in total. The highest BCUT2D eigenvalue weighted by molar-refractivity contribution is 5.70. The summed E-state index contributed by atoms with van der Waals surface area (Å²) in [5, 5.41) is 8.33. The highest BCUT2D eigenvalue weighted by Gasteiger charge is 2.13. The number of hydrogen-bond acceptors (Lipinski definition) is 5. The van der Waals surface area contributed by atoms with E-state index in [1.807, 2.05) is 29.5 Å². The van der Waals surface area contributed by atoms with Gasteiger partial charge in [-0.3, -0.25) is 4.40 Å². The van der Waals surface area contributed by atoms with E-state index in [9.17, 15) is 0 Å². The number of nitrogens with two attached hydrogens (primary N) is 1. The molecule has 0 bridgehead atoms. The fourth-order valence-corrected chi connectivity index (χ4v) is 1.97. The minimum Gasteiger partial charge on any atom is -0.496 e. The van der Waals surface area contributed by atoms with Crippen molar-refractivity contribution in [3.8, 4) is 17.1 Å². The fraction of sp³-hybridized carbons (Fsp3) is 0.154. The van der Waals surface area contributed by atoms with Crippen molar-refractivity contribution in [2.45, 2.75) is 6.92 Å². The number of ether oxygens (including phenoxy) is 1. The van der Waals surface area contributed by atoms with Crippen LogP contribution >= 0.6 is 0 Å². The minimum atomic E-state index is 0.646. The van der Waals surface area contributed by atoms with E-state index in [0.29, 0.717) is 17.3 Å². The molecule has 0 aliphatic carbocycles. The first-order valence-electron chi connectivity index (χ1n) is 5.80.